The minimum absolute atomic E-state index is 0.0483. The second-order valence-electron chi connectivity index (χ2n) is 5.32. The maximum absolute atomic E-state index is 11.9. The molecule has 1 rings (SSSR count). The first-order valence-corrected chi connectivity index (χ1v) is 7.38. The summed E-state index contributed by atoms with van der Waals surface area (Å²) in [6.07, 6.45) is 3.95. The molecule has 1 aromatic rings. The average molecular weight is 291 g/mol. The Kier molecular flexibility index (Phi) is 7.54. The number of rotatable bonds is 8. The monoisotopic (exact) mass is 291 g/mol. The third-order valence-electron chi connectivity index (χ3n) is 2.96. The summed E-state index contributed by atoms with van der Waals surface area (Å²) >= 11 is 0. The lowest BCUT2D eigenvalue weighted by atomic mass is 10.0. The van der Waals surface area contributed by atoms with Crippen LogP contribution in [0.25, 0.3) is 6.08 Å². The summed E-state index contributed by atoms with van der Waals surface area (Å²) < 4.78 is 5.50. The SMILES string of the molecule is CCOc1ccccc1/C=C/C(=O)NC(CO)CC(C)C. The van der Waals surface area contributed by atoms with E-state index < -0.39 is 0 Å². The fourth-order valence-corrected chi connectivity index (χ4v) is 2.07. The summed E-state index contributed by atoms with van der Waals surface area (Å²) in [5, 5.41) is 12.1. The zero-order chi connectivity index (χ0) is 15.7. The van der Waals surface area contributed by atoms with E-state index in [9.17, 15) is 9.90 Å². The zero-order valence-corrected chi connectivity index (χ0v) is 13.0. The van der Waals surface area contributed by atoms with Gasteiger partial charge >= 0.3 is 0 Å². The number of nitrogens with one attached hydrogen (secondary N) is 1. The Bertz CT molecular complexity index is 469. The second-order valence-corrected chi connectivity index (χ2v) is 5.32. The minimum Gasteiger partial charge on any atom is -0.493 e. The molecule has 0 aromatic heterocycles. The van der Waals surface area contributed by atoms with Crippen molar-refractivity contribution in [2.45, 2.75) is 33.2 Å². The molecule has 116 valence electrons. The highest BCUT2D eigenvalue weighted by Crippen LogP contribution is 2.19. The third kappa shape index (κ3) is 6.45. The molecule has 1 aromatic carbocycles. The largest absolute Gasteiger partial charge is 0.493 e. The molecule has 0 heterocycles. The Balaban J connectivity index is 2.65. The smallest absolute Gasteiger partial charge is 0.244 e. The van der Waals surface area contributed by atoms with Crippen LogP contribution in [0.1, 0.15) is 32.8 Å². The number of carbonyl (C=O) groups excluding carboxylic acids is 1. The molecule has 0 fully saturated rings. The highest BCUT2D eigenvalue weighted by molar-refractivity contribution is 5.92. The van der Waals surface area contributed by atoms with Gasteiger partial charge < -0.3 is 15.2 Å². The third-order valence-corrected chi connectivity index (χ3v) is 2.96. The Morgan fingerprint density at radius 3 is 2.71 bits per heavy atom. The van der Waals surface area contributed by atoms with E-state index in [-0.39, 0.29) is 18.6 Å². The molecule has 4 nitrogen and oxygen atoms in total. The Morgan fingerprint density at radius 1 is 1.38 bits per heavy atom. The summed E-state index contributed by atoms with van der Waals surface area (Å²) in [5.74, 6) is 0.969. The Hall–Kier alpha value is -1.81. The van der Waals surface area contributed by atoms with Crippen molar-refractivity contribution in [1.29, 1.82) is 0 Å². The molecule has 0 radical (unpaired) electrons. The van der Waals surface area contributed by atoms with Crippen molar-refractivity contribution in [2.24, 2.45) is 5.92 Å². The molecule has 0 aliphatic carbocycles. The maximum Gasteiger partial charge on any atom is 0.244 e. The van der Waals surface area contributed by atoms with Crippen LogP contribution in [0.4, 0.5) is 0 Å². The van der Waals surface area contributed by atoms with Gasteiger partial charge in [0.15, 0.2) is 0 Å². The number of para-hydroxylation sites is 1. The van der Waals surface area contributed by atoms with Crippen LogP contribution >= 0.6 is 0 Å². The van der Waals surface area contributed by atoms with Crippen molar-refractivity contribution in [1.82, 2.24) is 5.32 Å². The molecule has 0 spiro atoms. The summed E-state index contributed by atoms with van der Waals surface area (Å²) in [7, 11) is 0. The van der Waals surface area contributed by atoms with Crippen LogP contribution in [-0.4, -0.2) is 30.3 Å². The van der Waals surface area contributed by atoms with Crippen LogP contribution in [0.2, 0.25) is 0 Å². The number of aliphatic hydroxyl groups excluding tert-OH is 1. The first kappa shape index (κ1) is 17.2. The van der Waals surface area contributed by atoms with Gasteiger partial charge in [0.05, 0.1) is 19.3 Å². The van der Waals surface area contributed by atoms with Gasteiger partial charge in [-0.1, -0.05) is 32.0 Å². The van der Waals surface area contributed by atoms with Gasteiger partial charge in [-0.15, -0.1) is 0 Å². The fraction of sp³-hybridized carbons (Fsp3) is 0.471. The van der Waals surface area contributed by atoms with Crippen molar-refractivity contribution in [3.05, 3.63) is 35.9 Å². The molecule has 2 N–H and O–H groups in total. The zero-order valence-electron chi connectivity index (χ0n) is 13.0. The minimum atomic E-state index is -0.207. The van der Waals surface area contributed by atoms with Crippen molar-refractivity contribution < 1.29 is 14.6 Å². The molecular formula is C17H25NO3. The molecule has 4 heteroatoms. The lowest BCUT2D eigenvalue weighted by Gasteiger charge is -2.17. The Labute approximate surface area is 126 Å². The number of hydrogen-bond acceptors (Lipinski definition) is 3. The number of ether oxygens (including phenoxy) is 1. The number of hydrogen-bond donors (Lipinski definition) is 2. The molecule has 0 saturated carbocycles. The summed E-state index contributed by atoms with van der Waals surface area (Å²) in [4.78, 5) is 11.9. The van der Waals surface area contributed by atoms with Gasteiger partial charge in [-0.2, -0.15) is 0 Å². The van der Waals surface area contributed by atoms with Gasteiger partial charge in [0, 0.05) is 11.6 Å². The van der Waals surface area contributed by atoms with Crippen molar-refractivity contribution in [3.63, 3.8) is 0 Å². The van der Waals surface area contributed by atoms with Gasteiger partial charge in [-0.25, -0.2) is 0 Å². The van der Waals surface area contributed by atoms with E-state index >= 15 is 0 Å². The summed E-state index contributed by atoms with van der Waals surface area (Å²) in [6.45, 7) is 6.57. The normalized spacial score (nSPS) is 12.6. The van der Waals surface area contributed by atoms with Gasteiger partial charge in [-0.05, 0) is 31.4 Å². The van der Waals surface area contributed by atoms with E-state index in [1.165, 1.54) is 6.08 Å². The van der Waals surface area contributed by atoms with Crippen LogP contribution in [0.5, 0.6) is 5.75 Å². The van der Waals surface area contributed by atoms with Crippen LogP contribution in [0.15, 0.2) is 30.3 Å². The molecule has 0 bridgehead atoms. The van der Waals surface area contributed by atoms with Crippen LogP contribution in [0.3, 0.4) is 0 Å². The molecule has 1 atom stereocenters. The number of carbonyl (C=O) groups is 1. The summed E-state index contributed by atoms with van der Waals surface area (Å²) in [6, 6.07) is 7.36. The van der Waals surface area contributed by atoms with Crippen LogP contribution in [0, 0.1) is 5.92 Å². The standard InChI is InChI=1S/C17H25NO3/c1-4-21-16-8-6-5-7-14(16)9-10-17(20)18-15(12-19)11-13(2)3/h5-10,13,15,19H,4,11-12H2,1-3H3,(H,18,20)/b10-9+. The average Bonchev–Trinajstić information content (AvgIpc) is 2.45. The molecular weight excluding hydrogens is 266 g/mol. The van der Waals surface area contributed by atoms with Crippen LogP contribution < -0.4 is 10.1 Å². The van der Waals surface area contributed by atoms with E-state index in [0.29, 0.717) is 12.5 Å². The van der Waals surface area contributed by atoms with Gasteiger partial charge in [-0.3, -0.25) is 4.79 Å². The maximum atomic E-state index is 11.9. The molecule has 1 unspecified atom stereocenters. The Morgan fingerprint density at radius 2 is 2.10 bits per heavy atom. The van der Waals surface area contributed by atoms with E-state index in [1.54, 1.807) is 6.08 Å². The highest BCUT2D eigenvalue weighted by Gasteiger charge is 2.11. The molecule has 21 heavy (non-hydrogen) atoms. The van der Waals surface area contributed by atoms with Gasteiger partial charge in [0.25, 0.3) is 0 Å². The number of benzene rings is 1. The predicted octanol–water partition coefficient (Wildman–Crippen LogP) is 2.62. The first-order valence-electron chi connectivity index (χ1n) is 7.38. The molecule has 0 aliphatic rings. The lowest BCUT2D eigenvalue weighted by Crippen LogP contribution is -2.37. The number of amides is 1. The molecule has 1 amide bonds. The van der Waals surface area contributed by atoms with Gasteiger partial charge in [0.1, 0.15) is 5.75 Å². The quantitative estimate of drug-likeness (QED) is 0.724. The predicted molar refractivity (Wildman–Crippen MR) is 85.1 cm³/mol. The van der Waals surface area contributed by atoms with Crippen molar-refractivity contribution in [2.75, 3.05) is 13.2 Å². The second kappa shape index (κ2) is 9.19. The van der Waals surface area contributed by atoms with E-state index in [0.717, 1.165) is 17.7 Å². The highest BCUT2D eigenvalue weighted by atomic mass is 16.5. The summed E-state index contributed by atoms with van der Waals surface area (Å²) in [5.41, 5.74) is 0.860. The fourth-order valence-electron chi connectivity index (χ4n) is 2.07. The molecule has 0 saturated heterocycles. The lowest BCUT2D eigenvalue weighted by molar-refractivity contribution is -0.117. The topological polar surface area (TPSA) is 58.6 Å². The first-order chi connectivity index (χ1) is 10.1. The van der Waals surface area contributed by atoms with E-state index in [2.05, 4.69) is 19.2 Å². The van der Waals surface area contributed by atoms with E-state index in [1.807, 2.05) is 31.2 Å². The van der Waals surface area contributed by atoms with E-state index in [4.69, 9.17) is 4.74 Å². The van der Waals surface area contributed by atoms with Gasteiger partial charge in [0.2, 0.25) is 5.91 Å². The van der Waals surface area contributed by atoms with Crippen molar-refractivity contribution in [3.8, 4) is 5.75 Å². The van der Waals surface area contributed by atoms with Crippen LogP contribution in [-0.2, 0) is 4.79 Å². The molecule has 0 aliphatic heterocycles. The van der Waals surface area contributed by atoms with Crippen molar-refractivity contribution >= 4 is 12.0 Å². The number of aliphatic hydroxyl groups is 1.